The number of carbonyl (C=O) groups is 2. The molecule has 9 heteroatoms. The van der Waals surface area contributed by atoms with Gasteiger partial charge < -0.3 is 15.0 Å². The third-order valence-electron chi connectivity index (χ3n) is 5.18. The second kappa shape index (κ2) is 7.34. The molecule has 3 heterocycles. The molecule has 0 unspecified atom stereocenters. The number of rotatable bonds is 6. The number of pyridine rings is 1. The molecule has 2 aliphatic rings. The fraction of sp³-hybridized carbons (Fsp3) is 0.500. The van der Waals surface area contributed by atoms with E-state index in [1.54, 1.807) is 23.1 Å². The Morgan fingerprint density at radius 2 is 2.19 bits per heavy atom. The summed E-state index contributed by atoms with van der Waals surface area (Å²) in [6, 6.07) is 1.89. The lowest BCUT2D eigenvalue weighted by atomic mass is 10.1. The first-order valence-electron chi connectivity index (χ1n) is 9.18. The first kappa shape index (κ1) is 17.4. The quantitative estimate of drug-likeness (QED) is 0.814. The highest BCUT2D eigenvalue weighted by molar-refractivity contribution is 6.03. The van der Waals surface area contributed by atoms with Crippen LogP contribution in [0.25, 0.3) is 0 Å². The van der Waals surface area contributed by atoms with E-state index in [-0.39, 0.29) is 29.3 Å². The summed E-state index contributed by atoms with van der Waals surface area (Å²) in [4.78, 5) is 31.8. The van der Waals surface area contributed by atoms with Gasteiger partial charge in [0, 0.05) is 18.8 Å². The third-order valence-corrected chi connectivity index (χ3v) is 5.18. The smallest absolute Gasteiger partial charge is 0.256 e. The van der Waals surface area contributed by atoms with Crippen molar-refractivity contribution in [3.05, 3.63) is 35.3 Å². The van der Waals surface area contributed by atoms with Crippen molar-refractivity contribution in [3.63, 3.8) is 0 Å². The molecule has 2 aromatic rings. The summed E-state index contributed by atoms with van der Waals surface area (Å²) < 4.78 is 6.94. The number of hydrogen-bond donors (Lipinski definition) is 1. The Labute approximate surface area is 156 Å². The standard InChI is InChI=1S/C18H22N6O3/c1-27-17-14(16(25)19-6-8-23-9-7-20-22-23)10-13-15(21-17)11-24(18(13)26)12-4-2-3-5-12/h7,9-10,12H,2-6,8,11H2,1H3,(H,19,25). The maximum absolute atomic E-state index is 12.8. The zero-order valence-electron chi connectivity index (χ0n) is 15.2. The molecule has 0 atom stereocenters. The number of fused-ring (bicyclic) bond motifs is 1. The fourth-order valence-corrected chi connectivity index (χ4v) is 3.79. The Morgan fingerprint density at radius 1 is 1.37 bits per heavy atom. The minimum Gasteiger partial charge on any atom is -0.480 e. The Morgan fingerprint density at radius 3 is 2.89 bits per heavy atom. The molecule has 0 radical (unpaired) electrons. The van der Waals surface area contributed by atoms with Gasteiger partial charge in [0.15, 0.2) is 0 Å². The lowest BCUT2D eigenvalue weighted by Crippen LogP contribution is -2.33. The molecule has 4 rings (SSSR count). The van der Waals surface area contributed by atoms with Crippen molar-refractivity contribution in [3.8, 4) is 5.88 Å². The van der Waals surface area contributed by atoms with Crippen LogP contribution < -0.4 is 10.1 Å². The maximum Gasteiger partial charge on any atom is 0.256 e. The van der Waals surface area contributed by atoms with Crippen LogP contribution in [0.1, 0.15) is 52.1 Å². The normalized spacial score (nSPS) is 16.6. The lowest BCUT2D eigenvalue weighted by Gasteiger charge is -2.22. The van der Waals surface area contributed by atoms with Crippen molar-refractivity contribution in [2.75, 3.05) is 13.7 Å². The second-order valence-corrected chi connectivity index (χ2v) is 6.83. The molecule has 27 heavy (non-hydrogen) atoms. The number of ether oxygens (including phenoxy) is 1. The Bertz CT molecular complexity index is 845. The van der Waals surface area contributed by atoms with Crippen LogP contribution in [0.2, 0.25) is 0 Å². The Balaban J connectivity index is 1.50. The van der Waals surface area contributed by atoms with Gasteiger partial charge in [0.1, 0.15) is 5.56 Å². The number of amides is 2. The van der Waals surface area contributed by atoms with E-state index in [0.29, 0.717) is 30.9 Å². The third kappa shape index (κ3) is 3.36. The number of hydrogen-bond acceptors (Lipinski definition) is 6. The molecule has 1 aliphatic heterocycles. The number of aromatic nitrogens is 4. The second-order valence-electron chi connectivity index (χ2n) is 6.83. The average Bonchev–Trinajstić information content (AvgIpc) is 3.42. The first-order chi connectivity index (χ1) is 13.2. The molecule has 0 saturated heterocycles. The molecule has 1 N–H and O–H groups in total. The lowest BCUT2D eigenvalue weighted by molar-refractivity contribution is 0.0706. The minimum absolute atomic E-state index is 0.0382. The monoisotopic (exact) mass is 370 g/mol. The Hall–Kier alpha value is -2.97. The van der Waals surface area contributed by atoms with E-state index in [0.717, 1.165) is 25.7 Å². The van der Waals surface area contributed by atoms with Gasteiger partial charge in [-0.15, -0.1) is 5.10 Å². The SMILES string of the molecule is COc1nc2c(cc1C(=O)NCCn1ccnn1)C(=O)N(C1CCCC1)C2. The summed E-state index contributed by atoms with van der Waals surface area (Å²) in [7, 11) is 1.48. The summed E-state index contributed by atoms with van der Waals surface area (Å²) >= 11 is 0. The molecule has 0 spiro atoms. The molecule has 2 amide bonds. The summed E-state index contributed by atoms with van der Waals surface area (Å²) in [5.41, 5.74) is 1.46. The van der Waals surface area contributed by atoms with E-state index in [1.165, 1.54) is 7.11 Å². The van der Waals surface area contributed by atoms with Crippen molar-refractivity contribution in [2.24, 2.45) is 0 Å². The van der Waals surface area contributed by atoms with E-state index in [1.807, 2.05) is 4.90 Å². The average molecular weight is 370 g/mol. The largest absolute Gasteiger partial charge is 0.480 e. The van der Waals surface area contributed by atoms with Gasteiger partial charge in [0.25, 0.3) is 11.8 Å². The summed E-state index contributed by atoms with van der Waals surface area (Å²) in [6.07, 6.45) is 7.68. The van der Waals surface area contributed by atoms with Crippen molar-refractivity contribution in [1.82, 2.24) is 30.2 Å². The van der Waals surface area contributed by atoms with Crippen LogP contribution in [-0.4, -0.2) is 56.4 Å². The van der Waals surface area contributed by atoms with E-state index in [2.05, 4.69) is 20.6 Å². The topological polar surface area (TPSA) is 102 Å². The number of methoxy groups -OCH3 is 1. The minimum atomic E-state index is -0.325. The Kier molecular flexibility index (Phi) is 4.74. The first-order valence-corrected chi connectivity index (χ1v) is 9.18. The van der Waals surface area contributed by atoms with Crippen molar-refractivity contribution >= 4 is 11.8 Å². The predicted octanol–water partition coefficient (Wildman–Crippen LogP) is 1.01. The van der Waals surface area contributed by atoms with Crippen LogP contribution in [0.4, 0.5) is 0 Å². The number of nitrogens with zero attached hydrogens (tertiary/aromatic N) is 5. The van der Waals surface area contributed by atoms with Gasteiger partial charge in [0.05, 0.1) is 37.7 Å². The van der Waals surface area contributed by atoms with Gasteiger partial charge in [0.2, 0.25) is 5.88 Å². The maximum atomic E-state index is 12.8. The molecule has 1 saturated carbocycles. The van der Waals surface area contributed by atoms with Crippen molar-refractivity contribution in [1.29, 1.82) is 0 Å². The number of carbonyl (C=O) groups excluding carboxylic acids is 2. The highest BCUT2D eigenvalue weighted by Crippen LogP contribution is 2.33. The van der Waals surface area contributed by atoms with Gasteiger partial charge in [-0.3, -0.25) is 14.3 Å². The van der Waals surface area contributed by atoms with Crippen LogP contribution in [-0.2, 0) is 13.1 Å². The van der Waals surface area contributed by atoms with Gasteiger partial charge in [-0.05, 0) is 18.9 Å². The zero-order chi connectivity index (χ0) is 18.8. The molecule has 1 aliphatic carbocycles. The molecule has 0 aromatic carbocycles. The van der Waals surface area contributed by atoms with Crippen LogP contribution in [0.5, 0.6) is 5.88 Å². The molecule has 142 valence electrons. The summed E-state index contributed by atoms with van der Waals surface area (Å²) in [6.45, 7) is 1.37. The molecular weight excluding hydrogens is 348 g/mol. The van der Waals surface area contributed by atoms with Crippen LogP contribution in [0.15, 0.2) is 18.5 Å². The van der Waals surface area contributed by atoms with E-state index in [4.69, 9.17) is 4.74 Å². The highest BCUT2D eigenvalue weighted by atomic mass is 16.5. The molecule has 9 nitrogen and oxygen atoms in total. The molecule has 2 aromatic heterocycles. The van der Waals surface area contributed by atoms with Gasteiger partial charge >= 0.3 is 0 Å². The highest BCUT2D eigenvalue weighted by Gasteiger charge is 2.36. The van der Waals surface area contributed by atoms with Gasteiger partial charge in [-0.2, -0.15) is 0 Å². The van der Waals surface area contributed by atoms with Crippen LogP contribution in [0.3, 0.4) is 0 Å². The van der Waals surface area contributed by atoms with Crippen LogP contribution in [0, 0.1) is 0 Å². The van der Waals surface area contributed by atoms with Gasteiger partial charge in [-0.1, -0.05) is 18.1 Å². The van der Waals surface area contributed by atoms with E-state index < -0.39 is 0 Å². The molecule has 1 fully saturated rings. The van der Waals surface area contributed by atoms with Crippen LogP contribution >= 0.6 is 0 Å². The predicted molar refractivity (Wildman–Crippen MR) is 95.3 cm³/mol. The van der Waals surface area contributed by atoms with Crippen molar-refractivity contribution < 1.29 is 14.3 Å². The van der Waals surface area contributed by atoms with E-state index in [9.17, 15) is 9.59 Å². The summed E-state index contributed by atoms with van der Waals surface area (Å²) in [5, 5.41) is 10.4. The zero-order valence-corrected chi connectivity index (χ0v) is 15.2. The molecule has 0 bridgehead atoms. The number of nitrogens with one attached hydrogen (secondary N) is 1. The van der Waals surface area contributed by atoms with Crippen molar-refractivity contribution in [2.45, 2.75) is 44.8 Å². The van der Waals surface area contributed by atoms with E-state index >= 15 is 0 Å². The fourth-order valence-electron chi connectivity index (χ4n) is 3.79. The summed E-state index contributed by atoms with van der Waals surface area (Å²) in [5.74, 6) is -0.119. The van der Waals surface area contributed by atoms with Gasteiger partial charge in [-0.25, -0.2) is 4.98 Å². The molecular formula is C18H22N6O3.